The zero-order chi connectivity index (χ0) is 18.5. The molecule has 8 heteroatoms. The molecule has 7 nitrogen and oxygen atoms in total. The van der Waals surface area contributed by atoms with Crippen LogP contribution in [0.1, 0.15) is 65.2 Å². The number of primary amides is 1. The molecule has 25 heavy (non-hydrogen) atoms. The molecule has 1 aromatic heterocycles. The minimum atomic E-state index is -0.746. The number of carbonyl (C=O) groups is 1. The number of carbonyl (C=O) groups excluding carboxylic acids is 1. The standard InChI is InChI=1S/C17H30N4O3S/c1-3-5-7-9-11-23-15-14(21(25)17(18)22)16(20-13-19-15)24-12-10-8-6-4-2/h13,25H,3-12H2,1-2H3,(H2,18,22). The summed E-state index contributed by atoms with van der Waals surface area (Å²) in [5.41, 5.74) is 5.59. The third-order valence-corrected chi connectivity index (χ3v) is 4.05. The molecule has 142 valence electrons. The molecule has 0 bridgehead atoms. The maximum Gasteiger partial charge on any atom is 0.329 e. The van der Waals surface area contributed by atoms with Gasteiger partial charge in [-0.15, -0.1) is 0 Å². The number of anilines is 1. The molecule has 1 rings (SSSR count). The van der Waals surface area contributed by atoms with Gasteiger partial charge in [0, 0.05) is 0 Å². The van der Waals surface area contributed by atoms with E-state index in [1.807, 2.05) is 0 Å². The van der Waals surface area contributed by atoms with Gasteiger partial charge in [0.25, 0.3) is 0 Å². The van der Waals surface area contributed by atoms with Gasteiger partial charge < -0.3 is 15.2 Å². The van der Waals surface area contributed by atoms with Gasteiger partial charge >= 0.3 is 6.03 Å². The summed E-state index contributed by atoms with van der Waals surface area (Å²) in [4.78, 5) is 19.8. The molecule has 0 aliphatic heterocycles. The first kappa shape index (κ1) is 21.3. The number of aromatic nitrogens is 2. The monoisotopic (exact) mass is 370 g/mol. The van der Waals surface area contributed by atoms with E-state index in [0.717, 1.165) is 55.7 Å². The van der Waals surface area contributed by atoms with E-state index in [2.05, 4.69) is 36.6 Å². The quantitative estimate of drug-likeness (QED) is 0.402. The van der Waals surface area contributed by atoms with Gasteiger partial charge in [-0.25, -0.2) is 9.10 Å². The smallest absolute Gasteiger partial charge is 0.329 e. The minimum absolute atomic E-state index is 0.254. The van der Waals surface area contributed by atoms with Crippen molar-refractivity contribution in [3.05, 3.63) is 6.33 Å². The normalized spacial score (nSPS) is 10.5. The Morgan fingerprint density at radius 2 is 1.48 bits per heavy atom. The second kappa shape index (κ2) is 12.6. The van der Waals surface area contributed by atoms with E-state index in [0.29, 0.717) is 13.2 Å². The molecule has 0 saturated carbocycles. The van der Waals surface area contributed by atoms with Crippen LogP contribution in [0, 0.1) is 0 Å². The molecule has 2 amide bonds. The fraction of sp³-hybridized carbons (Fsp3) is 0.706. The number of ether oxygens (including phenoxy) is 2. The van der Waals surface area contributed by atoms with Crippen molar-refractivity contribution in [2.45, 2.75) is 65.2 Å². The van der Waals surface area contributed by atoms with Crippen molar-refractivity contribution in [3.63, 3.8) is 0 Å². The molecule has 1 heterocycles. The number of amides is 2. The summed E-state index contributed by atoms with van der Waals surface area (Å²) in [7, 11) is 0. The van der Waals surface area contributed by atoms with Gasteiger partial charge in [0.15, 0.2) is 5.69 Å². The molecule has 1 aromatic rings. The zero-order valence-corrected chi connectivity index (χ0v) is 16.1. The van der Waals surface area contributed by atoms with Crippen LogP contribution >= 0.6 is 12.8 Å². The molecule has 0 aliphatic carbocycles. The van der Waals surface area contributed by atoms with E-state index in [9.17, 15) is 4.79 Å². The van der Waals surface area contributed by atoms with E-state index in [4.69, 9.17) is 15.2 Å². The average Bonchev–Trinajstić information content (AvgIpc) is 2.60. The fourth-order valence-electron chi connectivity index (χ4n) is 2.25. The fourth-order valence-corrected chi connectivity index (χ4v) is 2.42. The van der Waals surface area contributed by atoms with Crippen molar-refractivity contribution >= 4 is 24.5 Å². The number of hydrogen-bond acceptors (Lipinski definition) is 6. The van der Waals surface area contributed by atoms with Crippen LogP contribution in [0.4, 0.5) is 10.5 Å². The molecule has 0 unspecified atom stereocenters. The third-order valence-electron chi connectivity index (χ3n) is 3.65. The lowest BCUT2D eigenvalue weighted by Crippen LogP contribution is -2.28. The number of nitrogens with zero attached hydrogens (tertiary/aromatic N) is 3. The van der Waals surface area contributed by atoms with Crippen molar-refractivity contribution in [1.29, 1.82) is 0 Å². The predicted molar refractivity (Wildman–Crippen MR) is 102 cm³/mol. The van der Waals surface area contributed by atoms with Crippen LogP contribution in [0.3, 0.4) is 0 Å². The predicted octanol–water partition coefficient (Wildman–Crippen LogP) is 4.12. The van der Waals surface area contributed by atoms with Crippen molar-refractivity contribution < 1.29 is 14.3 Å². The van der Waals surface area contributed by atoms with Crippen LogP contribution in [-0.4, -0.2) is 29.2 Å². The van der Waals surface area contributed by atoms with Gasteiger partial charge in [0.1, 0.15) is 6.33 Å². The molecule has 0 aromatic carbocycles. The second-order valence-electron chi connectivity index (χ2n) is 5.80. The highest BCUT2D eigenvalue weighted by Crippen LogP contribution is 2.35. The SMILES string of the molecule is CCCCCCOc1ncnc(OCCCCCC)c1N(S)C(N)=O. The molecule has 2 N–H and O–H groups in total. The van der Waals surface area contributed by atoms with E-state index in [-0.39, 0.29) is 17.4 Å². The van der Waals surface area contributed by atoms with Crippen LogP contribution in [0.2, 0.25) is 0 Å². The Morgan fingerprint density at radius 1 is 1.00 bits per heavy atom. The molecule has 0 atom stereocenters. The first-order valence-corrected chi connectivity index (χ1v) is 9.40. The highest BCUT2D eigenvalue weighted by molar-refractivity contribution is 7.82. The van der Waals surface area contributed by atoms with Crippen molar-refractivity contribution in [2.75, 3.05) is 17.5 Å². The molecule has 0 saturated heterocycles. The Bertz CT molecular complexity index is 484. The topological polar surface area (TPSA) is 90.6 Å². The third kappa shape index (κ3) is 7.81. The van der Waals surface area contributed by atoms with Crippen LogP contribution < -0.4 is 19.5 Å². The van der Waals surface area contributed by atoms with Crippen LogP contribution in [0.25, 0.3) is 0 Å². The lowest BCUT2D eigenvalue weighted by Gasteiger charge is -2.19. The molecule has 0 fully saturated rings. The Morgan fingerprint density at radius 3 is 1.88 bits per heavy atom. The molecule has 0 radical (unpaired) electrons. The summed E-state index contributed by atoms with van der Waals surface area (Å²) >= 11 is 4.13. The largest absolute Gasteiger partial charge is 0.476 e. The zero-order valence-electron chi connectivity index (χ0n) is 15.2. The summed E-state index contributed by atoms with van der Waals surface area (Å²) in [6.45, 7) is 5.30. The van der Waals surface area contributed by atoms with E-state index in [1.165, 1.54) is 6.33 Å². The Labute approximate surface area is 155 Å². The average molecular weight is 371 g/mol. The molecule has 0 aliphatic rings. The minimum Gasteiger partial charge on any atom is -0.476 e. The Hall–Kier alpha value is -1.70. The Kier molecular flexibility index (Phi) is 10.8. The van der Waals surface area contributed by atoms with Gasteiger partial charge in [-0.05, 0) is 12.8 Å². The lowest BCUT2D eigenvalue weighted by molar-refractivity contribution is 0.255. The van der Waals surface area contributed by atoms with E-state index in [1.54, 1.807) is 0 Å². The van der Waals surface area contributed by atoms with Gasteiger partial charge in [0.05, 0.1) is 13.2 Å². The highest BCUT2D eigenvalue weighted by Gasteiger charge is 2.22. The second-order valence-corrected chi connectivity index (χ2v) is 6.20. The highest BCUT2D eigenvalue weighted by atomic mass is 32.1. The van der Waals surface area contributed by atoms with Crippen LogP contribution in [0.15, 0.2) is 6.33 Å². The number of urea groups is 1. The summed E-state index contributed by atoms with van der Waals surface area (Å²) in [5.74, 6) is 0.507. The van der Waals surface area contributed by atoms with Crippen LogP contribution in [0.5, 0.6) is 11.8 Å². The number of nitrogens with two attached hydrogens (primary N) is 1. The van der Waals surface area contributed by atoms with Gasteiger partial charge in [-0.1, -0.05) is 65.2 Å². The van der Waals surface area contributed by atoms with Crippen molar-refractivity contribution in [3.8, 4) is 11.8 Å². The number of unbranched alkanes of at least 4 members (excludes halogenated alkanes) is 6. The van der Waals surface area contributed by atoms with Crippen LogP contribution in [-0.2, 0) is 0 Å². The first-order chi connectivity index (χ1) is 12.1. The molecular formula is C17H30N4O3S. The number of hydrogen-bond donors (Lipinski definition) is 2. The summed E-state index contributed by atoms with van der Waals surface area (Å²) in [6.07, 6.45) is 9.96. The van der Waals surface area contributed by atoms with Gasteiger partial charge in [0.2, 0.25) is 11.8 Å². The number of rotatable bonds is 13. The maximum absolute atomic E-state index is 11.5. The lowest BCUT2D eigenvalue weighted by atomic mass is 10.2. The number of thiol groups is 1. The summed E-state index contributed by atoms with van der Waals surface area (Å²) in [5, 5.41) is 0. The Balaban J connectivity index is 2.77. The van der Waals surface area contributed by atoms with E-state index >= 15 is 0 Å². The first-order valence-electron chi connectivity index (χ1n) is 9.00. The summed E-state index contributed by atoms with van der Waals surface area (Å²) < 4.78 is 12.4. The van der Waals surface area contributed by atoms with Crippen molar-refractivity contribution in [2.24, 2.45) is 5.73 Å². The van der Waals surface area contributed by atoms with Gasteiger partial charge in [-0.2, -0.15) is 9.97 Å². The van der Waals surface area contributed by atoms with Gasteiger partial charge in [-0.3, -0.25) is 0 Å². The molecular weight excluding hydrogens is 340 g/mol. The van der Waals surface area contributed by atoms with Crippen molar-refractivity contribution in [1.82, 2.24) is 9.97 Å². The van der Waals surface area contributed by atoms with E-state index < -0.39 is 6.03 Å². The molecule has 0 spiro atoms. The summed E-state index contributed by atoms with van der Waals surface area (Å²) in [6, 6.07) is -0.746. The maximum atomic E-state index is 11.5.